The Morgan fingerprint density at radius 2 is 1.86 bits per heavy atom. The van der Waals surface area contributed by atoms with E-state index in [2.05, 4.69) is 29.4 Å². The van der Waals surface area contributed by atoms with Crippen molar-refractivity contribution in [2.45, 2.75) is 77.0 Å². The average molecular weight is 501 g/mol. The highest BCUT2D eigenvalue weighted by Gasteiger charge is 2.31. The van der Waals surface area contributed by atoms with Crippen LogP contribution >= 0.6 is 0 Å². The fourth-order valence-corrected chi connectivity index (χ4v) is 5.41. The number of likely N-dealkylation sites (N-methyl/N-ethyl adjacent to an activating group) is 1. The second-order valence-corrected chi connectivity index (χ2v) is 11.1. The summed E-state index contributed by atoms with van der Waals surface area (Å²) in [6.45, 7) is 7.34. The van der Waals surface area contributed by atoms with Crippen molar-refractivity contribution in [3.05, 3.63) is 23.8 Å². The number of rotatable bonds is 5. The third kappa shape index (κ3) is 7.13. The van der Waals surface area contributed by atoms with Crippen LogP contribution in [0.4, 0.5) is 10.5 Å². The number of anilines is 1. The molecule has 36 heavy (non-hydrogen) atoms. The number of urea groups is 1. The average Bonchev–Trinajstić information content (AvgIpc) is 3.69. The van der Waals surface area contributed by atoms with Crippen LogP contribution < -0.4 is 15.4 Å². The normalized spacial score (nSPS) is 26.8. The topological polar surface area (TPSA) is 83.1 Å². The summed E-state index contributed by atoms with van der Waals surface area (Å²) in [5, 5.41) is 6.03. The number of carbonyl (C=O) groups excluding carboxylic acids is 2. The first kappa shape index (κ1) is 26.7. The molecule has 0 unspecified atom stereocenters. The molecule has 200 valence electrons. The summed E-state index contributed by atoms with van der Waals surface area (Å²) in [6.07, 6.45) is 8.15. The number of ether oxygens (including phenoxy) is 2. The maximum atomic E-state index is 13.4. The molecule has 3 atom stereocenters. The fraction of sp³-hybridized carbons (Fsp3) is 0.714. The second-order valence-electron chi connectivity index (χ2n) is 11.1. The fourth-order valence-electron chi connectivity index (χ4n) is 5.41. The molecule has 3 amide bonds. The van der Waals surface area contributed by atoms with Gasteiger partial charge in [-0.1, -0.05) is 26.2 Å². The monoisotopic (exact) mass is 500 g/mol. The van der Waals surface area contributed by atoms with Gasteiger partial charge in [-0.2, -0.15) is 0 Å². The zero-order chi connectivity index (χ0) is 25.7. The second kappa shape index (κ2) is 12.3. The highest BCUT2D eigenvalue weighted by Crippen LogP contribution is 2.32. The molecule has 1 aromatic carbocycles. The summed E-state index contributed by atoms with van der Waals surface area (Å²) in [5.74, 6) is 1.44. The Morgan fingerprint density at radius 1 is 1.11 bits per heavy atom. The van der Waals surface area contributed by atoms with E-state index in [-0.39, 0.29) is 36.0 Å². The molecule has 0 spiro atoms. The molecule has 3 aliphatic rings. The van der Waals surface area contributed by atoms with Crippen molar-refractivity contribution in [3.8, 4) is 5.75 Å². The molecule has 2 aliphatic carbocycles. The Kier molecular flexibility index (Phi) is 9.12. The standard InChI is InChI=1S/C28H44N4O4/c1-19-15-32(16-21-10-11-21)20(2)18-36-25-14-23(30-28(34)29-22-8-6-5-7-9-22)12-13-24(25)27(33)31(3)17-26(19)35-4/h12-14,19-22,26H,5-11,15-18H2,1-4H3,(H2,29,30,34)/t19-,20-,26-/m1/s1. The molecule has 8 nitrogen and oxygen atoms in total. The van der Waals surface area contributed by atoms with Gasteiger partial charge in [-0.25, -0.2) is 4.79 Å². The summed E-state index contributed by atoms with van der Waals surface area (Å²) in [7, 11) is 3.54. The van der Waals surface area contributed by atoms with Crippen LogP contribution in [0.25, 0.3) is 0 Å². The van der Waals surface area contributed by atoms with Gasteiger partial charge in [0.15, 0.2) is 0 Å². The maximum absolute atomic E-state index is 13.4. The predicted octanol–water partition coefficient (Wildman–Crippen LogP) is 4.36. The highest BCUT2D eigenvalue weighted by atomic mass is 16.5. The molecule has 2 fully saturated rings. The van der Waals surface area contributed by atoms with Crippen molar-refractivity contribution < 1.29 is 19.1 Å². The van der Waals surface area contributed by atoms with Crippen molar-refractivity contribution in [2.75, 3.05) is 45.7 Å². The number of nitrogens with zero attached hydrogens (tertiary/aromatic N) is 2. The van der Waals surface area contributed by atoms with Gasteiger partial charge in [0, 0.05) is 57.6 Å². The zero-order valence-electron chi connectivity index (χ0n) is 22.4. The minimum Gasteiger partial charge on any atom is -0.491 e. The van der Waals surface area contributed by atoms with Crippen molar-refractivity contribution >= 4 is 17.6 Å². The molecule has 0 bridgehead atoms. The number of amides is 3. The first-order valence-electron chi connectivity index (χ1n) is 13.7. The van der Waals surface area contributed by atoms with Crippen LogP contribution in [0.15, 0.2) is 18.2 Å². The zero-order valence-corrected chi connectivity index (χ0v) is 22.4. The number of fused-ring (bicyclic) bond motifs is 1. The van der Waals surface area contributed by atoms with E-state index in [0.717, 1.165) is 44.7 Å². The quantitative estimate of drug-likeness (QED) is 0.628. The molecule has 0 aromatic heterocycles. The lowest BCUT2D eigenvalue weighted by Crippen LogP contribution is -2.47. The summed E-state index contributed by atoms with van der Waals surface area (Å²) in [4.78, 5) is 30.2. The molecular weight excluding hydrogens is 456 g/mol. The van der Waals surface area contributed by atoms with Gasteiger partial charge in [-0.15, -0.1) is 0 Å². The first-order chi connectivity index (χ1) is 17.3. The van der Waals surface area contributed by atoms with Crippen molar-refractivity contribution in [1.82, 2.24) is 15.1 Å². The van der Waals surface area contributed by atoms with Crippen LogP contribution in [0.3, 0.4) is 0 Å². The van der Waals surface area contributed by atoms with E-state index in [1.54, 1.807) is 30.2 Å². The van der Waals surface area contributed by atoms with Crippen LogP contribution in [-0.2, 0) is 4.74 Å². The number of hydrogen-bond donors (Lipinski definition) is 2. The van der Waals surface area contributed by atoms with Crippen LogP contribution in [0.1, 0.15) is 69.2 Å². The number of carbonyl (C=O) groups is 2. The van der Waals surface area contributed by atoms with E-state index in [4.69, 9.17) is 9.47 Å². The van der Waals surface area contributed by atoms with Gasteiger partial charge in [0.25, 0.3) is 5.91 Å². The van der Waals surface area contributed by atoms with Gasteiger partial charge < -0.3 is 25.0 Å². The molecule has 8 heteroatoms. The van der Waals surface area contributed by atoms with E-state index in [0.29, 0.717) is 30.2 Å². The molecular formula is C28H44N4O4. The van der Waals surface area contributed by atoms with E-state index >= 15 is 0 Å². The molecule has 1 aliphatic heterocycles. The third-order valence-electron chi connectivity index (χ3n) is 7.96. The van der Waals surface area contributed by atoms with E-state index in [1.165, 1.54) is 19.3 Å². The van der Waals surface area contributed by atoms with E-state index in [9.17, 15) is 9.59 Å². The molecule has 0 radical (unpaired) electrons. The van der Waals surface area contributed by atoms with Crippen molar-refractivity contribution in [2.24, 2.45) is 11.8 Å². The number of hydrogen-bond acceptors (Lipinski definition) is 5. The molecule has 1 heterocycles. The van der Waals surface area contributed by atoms with Crippen LogP contribution in [-0.4, -0.2) is 80.3 Å². The Balaban J connectivity index is 1.53. The highest BCUT2D eigenvalue weighted by molar-refractivity contribution is 5.98. The Hall–Kier alpha value is -2.32. The lowest BCUT2D eigenvalue weighted by atomic mass is 9.96. The van der Waals surface area contributed by atoms with Gasteiger partial charge in [0.05, 0.1) is 11.7 Å². The van der Waals surface area contributed by atoms with Gasteiger partial charge in [-0.05, 0) is 56.6 Å². The van der Waals surface area contributed by atoms with Crippen LogP contribution in [0.2, 0.25) is 0 Å². The third-order valence-corrected chi connectivity index (χ3v) is 7.96. The summed E-state index contributed by atoms with van der Waals surface area (Å²) >= 11 is 0. The largest absolute Gasteiger partial charge is 0.491 e. The van der Waals surface area contributed by atoms with Gasteiger partial charge in [-0.3, -0.25) is 9.69 Å². The number of benzene rings is 1. The summed E-state index contributed by atoms with van der Waals surface area (Å²) < 4.78 is 12.1. The molecule has 2 N–H and O–H groups in total. The lowest BCUT2D eigenvalue weighted by molar-refractivity contribution is 0.00994. The van der Waals surface area contributed by atoms with Crippen LogP contribution in [0.5, 0.6) is 5.75 Å². The molecule has 0 saturated heterocycles. The molecule has 4 rings (SSSR count). The number of nitrogens with one attached hydrogen (secondary N) is 2. The first-order valence-corrected chi connectivity index (χ1v) is 13.7. The Bertz CT molecular complexity index is 900. The number of methoxy groups -OCH3 is 1. The summed E-state index contributed by atoms with van der Waals surface area (Å²) in [6, 6.07) is 5.52. The van der Waals surface area contributed by atoms with Gasteiger partial charge >= 0.3 is 6.03 Å². The minimum absolute atomic E-state index is 0.0546. The van der Waals surface area contributed by atoms with E-state index < -0.39 is 0 Å². The van der Waals surface area contributed by atoms with Crippen molar-refractivity contribution in [1.29, 1.82) is 0 Å². The van der Waals surface area contributed by atoms with Gasteiger partial charge in [0.1, 0.15) is 12.4 Å². The summed E-state index contributed by atoms with van der Waals surface area (Å²) in [5.41, 5.74) is 1.12. The Labute approximate surface area is 216 Å². The van der Waals surface area contributed by atoms with E-state index in [1.807, 2.05) is 7.05 Å². The predicted molar refractivity (Wildman–Crippen MR) is 142 cm³/mol. The minimum atomic E-state index is -0.209. The maximum Gasteiger partial charge on any atom is 0.319 e. The SMILES string of the molecule is CO[C@@H]1CN(C)C(=O)c2ccc(NC(=O)NC3CCCCC3)cc2OC[C@@H](C)N(CC2CC2)C[C@H]1C. The molecule has 1 aromatic rings. The van der Waals surface area contributed by atoms with Crippen LogP contribution in [0, 0.1) is 11.8 Å². The molecule has 2 saturated carbocycles. The van der Waals surface area contributed by atoms with Crippen molar-refractivity contribution in [3.63, 3.8) is 0 Å². The lowest BCUT2D eigenvalue weighted by Gasteiger charge is -2.36. The smallest absolute Gasteiger partial charge is 0.319 e. The van der Waals surface area contributed by atoms with Gasteiger partial charge in [0.2, 0.25) is 0 Å². The Morgan fingerprint density at radius 3 is 2.56 bits per heavy atom.